The monoisotopic (exact) mass is 318 g/mol. The molecule has 0 aliphatic rings. The summed E-state index contributed by atoms with van der Waals surface area (Å²) in [6.45, 7) is 3.93. The number of hydrogen-bond acceptors (Lipinski definition) is 2. The average molecular weight is 319 g/mol. The molecule has 0 aliphatic carbocycles. The number of anilines is 2. The third-order valence-corrected chi connectivity index (χ3v) is 3.74. The van der Waals surface area contributed by atoms with Gasteiger partial charge in [-0.25, -0.2) is 0 Å². The van der Waals surface area contributed by atoms with Crippen LogP contribution in [0.3, 0.4) is 0 Å². The van der Waals surface area contributed by atoms with Crippen LogP contribution in [0, 0.1) is 13.8 Å². The molecular weight excluding hydrogens is 304 g/mol. The molecule has 0 saturated carbocycles. The molecule has 98 valence electrons. The van der Waals surface area contributed by atoms with E-state index in [1.165, 1.54) is 0 Å². The Morgan fingerprint density at radius 3 is 2.53 bits per heavy atom. The number of nitrogens with one attached hydrogen (secondary N) is 1. The number of nitrogens with two attached hydrogens (primary N) is 1. The average Bonchev–Trinajstić information content (AvgIpc) is 2.36. The predicted octanol–water partition coefficient (Wildman–Crippen LogP) is 3.90. The molecule has 4 heteroatoms. The molecule has 2 aromatic carbocycles. The smallest absolute Gasteiger partial charge is 0.255 e. The number of carbonyl (C=O) groups is 1. The Hall–Kier alpha value is -1.81. The lowest BCUT2D eigenvalue weighted by molar-refractivity contribution is 0.102. The van der Waals surface area contributed by atoms with Crippen molar-refractivity contribution in [1.29, 1.82) is 0 Å². The van der Waals surface area contributed by atoms with Gasteiger partial charge in [-0.15, -0.1) is 0 Å². The van der Waals surface area contributed by atoms with Gasteiger partial charge in [0.25, 0.3) is 5.91 Å². The molecular formula is C15H15BrN2O. The first-order chi connectivity index (χ1) is 8.97. The fourth-order valence-corrected chi connectivity index (χ4v) is 2.10. The molecule has 0 bridgehead atoms. The van der Waals surface area contributed by atoms with Crippen molar-refractivity contribution in [3.63, 3.8) is 0 Å². The van der Waals surface area contributed by atoms with E-state index in [2.05, 4.69) is 21.2 Å². The molecule has 0 saturated heterocycles. The van der Waals surface area contributed by atoms with Crippen LogP contribution in [0.4, 0.5) is 11.4 Å². The fraction of sp³-hybridized carbons (Fsp3) is 0.133. The van der Waals surface area contributed by atoms with Gasteiger partial charge >= 0.3 is 0 Å². The maximum atomic E-state index is 12.1. The Balaban J connectivity index is 2.23. The number of benzene rings is 2. The first-order valence-corrected chi connectivity index (χ1v) is 6.70. The summed E-state index contributed by atoms with van der Waals surface area (Å²) in [6.07, 6.45) is 0. The predicted molar refractivity (Wildman–Crippen MR) is 82.4 cm³/mol. The summed E-state index contributed by atoms with van der Waals surface area (Å²) in [5, 5.41) is 2.82. The Morgan fingerprint density at radius 1 is 1.16 bits per heavy atom. The van der Waals surface area contributed by atoms with Gasteiger partial charge in [-0.2, -0.15) is 0 Å². The van der Waals surface area contributed by atoms with Crippen LogP contribution in [0.15, 0.2) is 40.9 Å². The lowest BCUT2D eigenvalue weighted by Crippen LogP contribution is -2.13. The van der Waals surface area contributed by atoms with Gasteiger partial charge in [-0.1, -0.05) is 28.1 Å². The molecule has 19 heavy (non-hydrogen) atoms. The molecule has 3 nitrogen and oxygen atoms in total. The first-order valence-electron chi connectivity index (χ1n) is 5.91. The van der Waals surface area contributed by atoms with Crippen LogP contribution in [0.2, 0.25) is 0 Å². The highest BCUT2D eigenvalue weighted by Gasteiger charge is 2.09. The minimum atomic E-state index is -0.170. The van der Waals surface area contributed by atoms with Crippen LogP contribution in [-0.2, 0) is 0 Å². The zero-order valence-electron chi connectivity index (χ0n) is 10.8. The maximum Gasteiger partial charge on any atom is 0.255 e. The molecule has 1 amide bonds. The summed E-state index contributed by atoms with van der Waals surface area (Å²) in [4.78, 5) is 12.1. The number of aryl methyl sites for hydroxylation is 2. The van der Waals surface area contributed by atoms with Gasteiger partial charge in [0.15, 0.2) is 0 Å². The Morgan fingerprint density at radius 2 is 1.89 bits per heavy atom. The van der Waals surface area contributed by atoms with Crippen LogP contribution in [0.5, 0.6) is 0 Å². The molecule has 3 N–H and O–H groups in total. The van der Waals surface area contributed by atoms with Gasteiger partial charge in [0.2, 0.25) is 0 Å². The highest BCUT2D eigenvalue weighted by molar-refractivity contribution is 9.10. The summed E-state index contributed by atoms with van der Waals surface area (Å²) < 4.78 is 0.914. The van der Waals surface area contributed by atoms with Crippen LogP contribution in [-0.4, -0.2) is 5.91 Å². The fourth-order valence-electron chi connectivity index (χ4n) is 1.72. The minimum absolute atomic E-state index is 0.170. The number of nitrogen functional groups attached to an aromatic ring is 1. The highest BCUT2D eigenvalue weighted by atomic mass is 79.9. The van der Waals surface area contributed by atoms with Crippen LogP contribution >= 0.6 is 15.9 Å². The van der Waals surface area contributed by atoms with Crippen LogP contribution in [0.1, 0.15) is 21.5 Å². The van der Waals surface area contributed by atoms with E-state index in [-0.39, 0.29) is 5.91 Å². The molecule has 2 rings (SSSR count). The Kier molecular flexibility index (Phi) is 3.90. The molecule has 0 atom stereocenters. The van der Waals surface area contributed by atoms with Gasteiger partial charge in [-0.05, 0) is 49.2 Å². The van der Waals surface area contributed by atoms with Crippen molar-refractivity contribution >= 4 is 33.2 Å². The zero-order valence-corrected chi connectivity index (χ0v) is 12.4. The van der Waals surface area contributed by atoms with Gasteiger partial charge in [-0.3, -0.25) is 4.79 Å². The zero-order chi connectivity index (χ0) is 14.0. The van der Waals surface area contributed by atoms with Crippen molar-refractivity contribution in [1.82, 2.24) is 0 Å². The van der Waals surface area contributed by atoms with Gasteiger partial charge < -0.3 is 11.1 Å². The lowest BCUT2D eigenvalue weighted by atomic mass is 10.1. The topological polar surface area (TPSA) is 55.1 Å². The van der Waals surface area contributed by atoms with Crippen LogP contribution in [0.25, 0.3) is 0 Å². The number of amides is 1. The summed E-state index contributed by atoms with van der Waals surface area (Å²) in [5.74, 6) is -0.170. The van der Waals surface area contributed by atoms with E-state index >= 15 is 0 Å². The SMILES string of the molecule is Cc1ccc(NC(=O)c2ccc(C)c(Br)c2)c(N)c1. The summed E-state index contributed by atoms with van der Waals surface area (Å²) in [6, 6.07) is 11.1. The third-order valence-electron chi connectivity index (χ3n) is 2.89. The van der Waals surface area contributed by atoms with Crippen molar-refractivity contribution in [2.45, 2.75) is 13.8 Å². The van der Waals surface area contributed by atoms with Gasteiger partial charge in [0.05, 0.1) is 11.4 Å². The van der Waals surface area contributed by atoms with Gasteiger partial charge in [0, 0.05) is 10.0 Å². The third kappa shape index (κ3) is 3.15. The highest BCUT2D eigenvalue weighted by Crippen LogP contribution is 2.22. The number of hydrogen-bond donors (Lipinski definition) is 2. The molecule has 0 spiro atoms. The maximum absolute atomic E-state index is 12.1. The van der Waals surface area contributed by atoms with E-state index in [0.717, 1.165) is 15.6 Å². The van der Waals surface area contributed by atoms with Crippen molar-refractivity contribution in [2.24, 2.45) is 0 Å². The van der Waals surface area contributed by atoms with Crippen molar-refractivity contribution in [3.8, 4) is 0 Å². The first kappa shape index (κ1) is 13.6. The standard InChI is InChI=1S/C15H15BrN2O/c1-9-3-6-14(13(17)7-9)18-15(19)11-5-4-10(2)12(16)8-11/h3-8H,17H2,1-2H3,(H,18,19). The Labute approximate surface area is 121 Å². The van der Waals surface area contributed by atoms with E-state index < -0.39 is 0 Å². The second kappa shape index (κ2) is 5.45. The van der Waals surface area contributed by atoms with E-state index in [0.29, 0.717) is 16.9 Å². The summed E-state index contributed by atoms with van der Waals surface area (Å²) in [7, 11) is 0. The van der Waals surface area contributed by atoms with Crippen LogP contribution < -0.4 is 11.1 Å². The molecule has 0 radical (unpaired) electrons. The normalized spacial score (nSPS) is 10.3. The molecule has 0 aromatic heterocycles. The number of halogens is 1. The molecule has 0 unspecified atom stereocenters. The van der Waals surface area contributed by atoms with E-state index in [1.807, 2.05) is 38.1 Å². The van der Waals surface area contributed by atoms with Gasteiger partial charge in [0.1, 0.15) is 0 Å². The molecule has 0 fully saturated rings. The largest absolute Gasteiger partial charge is 0.397 e. The van der Waals surface area contributed by atoms with E-state index in [1.54, 1.807) is 12.1 Å². The lowest BCUT2D eigenvalue weighted by Gasteiger charge is -2.09. The molecule has 0 aliphatic heterocycles. The van der Waals surface area contributed by atoms with E-state index in [4.69, 9.17) is 5.73 Å². The summed E-state index contributed by atoms with van der Waals surface area (Å²) >= 11 is 3.42. The molecule has 0 heterocycles. The second-order valence-electron chi connectivity index (χ2n) is 4.51. The summed E-state index contributed by atoms with van der Waals surface area (Å²) in [5.41, 5.74) is 9.83. The van der Waals surface area contributed by atoms with E-state index in [9.17, 15) is 4.79 Å². The minimum Gasteiger partial charge on any atom is -0.397 e. The number of carbonyl (C=O) groups excluding carboxylic acids is 1. The quantitative estimate of drug-likeness (QED) is 0.825. The second-order valence-corrected chi connectivity index (χ2v) is 5.36. The van der Waals surface area contributed by atoms with Crippen molar-refractivity contribution < 1.29 is 4.79 Å². The van der Waals surface area contributed by atoms with Crippen molar-refractivity contribution in [2.75, 3.05) is 11.1 Å². The molecule has 2 aromatic rings. The number of rotatable bonds is 2. The van der Waals surface area contributed by atoms with Crippen molar-refractivity contribution in [3.05, 3.63) is 57.6 Å². The Bertz CT molecular complexity index is 638.